The molecule has 2 saturated heterocycles. The number of rotatable bonds is 1. The van der Waals surface area contributed by atoms with E-state index in [-0.39, 0.29) is 47.7 Å². The van der Waals surface area contributed by atoms with Crippen LogP contribution in [0.15, 0.2) is 22.6 Å². The molecule has 2 aromatic rings. The van der Waals surface area contributed by atoms with E-state index >= 15 is 0 Å². The van der Waals surface area contributed by atoms with Gasteiger partial charge >= 0.3 is 12.2 Å². The van der Waals surface area contributed by atoms with Gasteiger partial charge < -0.3 is 19.1 Å². The number of alkyl halides is 3. The second-order valence-corrected chi connectivity index (χ2v) is 9.73. The second-order valence-electron chi connectivity index (χ2n) is 7.43. The Hall–Kier alpha value is -2.50. The molecule has 3 heterocycles. The van der Waals surface area contributed by atoms with Gasteiger partial charge in [-0.1, -0.05) is 0 Å². The summed E-state index contributed by atoms with van der Waals surface area (Å²) in [6.45, 7) is 2.21. The average Bonchev–Trinajstić information content (AvgIpc) is 2.95. The summed E-state index contributed by atoms with van der Waals surface area (Å²) < 4.78 is 67.5. The second kappa shape index (κ2) is 7.64. The summed E-state index contributed by atoms with van der Waals surface area (Å²) in [7, 11) is -3.07. The molecule has 0 radical (unpaired) electrons. The largest absolute Gasteiger partial charge is 0.423 e. The van der Waals surface area contributed by atoms with E-state index in [0.29, 0.717) is 32.6 Å². The predicted octanol–water partition coefficient (Wildman–Crippen LogP) is 2.21. The molecule has 1 aromatic carbocycles. The first-order valence-electron chi connectivity index (χ1n) is 9.59. The maximum absolute atomic E-state index is 12.9. The number of urea groups is 1. The Labute approximate surface area is 171 Å². The number of halogens is 3. The monoisotopic (exact) mass is 446 g/mol. The van der Waals surface area contributed by atoms with Gasteiger partial charge in [-0.3, -0.25) is 0 Å². The van der Waals surface area contributed by atoms with Crippen LogP contribution in [0.3, 0.4) is 0 Å². The summed E-state index contributed by atoms with van der Waals surface area (Å²) in [6.07, 6.45) is -3.82. The minimum Gasteiger partial charge on any atom is -0.423 e. The highest BCUT2D eigenvalue weighted by Crippen LogP contribution is 2.32. The number of nitrogens with zero attached hydrogens (tertiary/aromatic N) is 4. The van der Waals surface area contributed by atoms with E-state index in [1.165, 1.54) is 6.07 Å². The molecule has 2 aliphatic heterocycles. The zero-order valence-electron chi connectivity index (χ0n) is 16.1. The molecule has 0 N–H and O–H groups in total. The number of sulfone groups is 1. The Kier molecular flexibility index (Phi) is 5.28. The Morgan fingerprint density at radius 3 is 2.40 bits per heavy atom. The van der Waals surface area contributed by atoms with Crippen molar-refractivity contribution in [3.63, 3.8) is 0 Å². The van der Waals surface area contributed by atoms with Gasteiger partial charge in [0.1, 0.15) is 5.52 Å². The Balaban J connectivity index is 1.43. The minimum atomic E-state index is -4.45. The third-order valence-corrected chi connectivity index (χ3v) is 6.96. The maximum Gasteiger partial charge on any atom is 0.416 e. The molecule has 2 aliphatic rings. The number of amides is 2. The van der Waals surface area contributed by atoms with E-state index in [1.54, 1.807) is 14.7 Å². The van der Waals surface area contributed by atoms with Crippen LogP contribution < -0.4 is 4.90 Å². The van der Waals surface area contributed by atoms with Crippen LogP contribution in [0.5, 0.6) is 0 Å². The number of carbonyl (C=O) groups excluding carboxylic acids is 1. The first-order chi connectivity index (χ1) is 14.1. The lowest BCUT2D eigenvalue weighted by atomic mass is 10.2. The van der Waals surface area contributed by atoms with Crippen LogP contribution in [0.4, 0.5) is 24.0 Å². The standard InChI is InChI=1S/C18H21F3N4O4S/c19-18(20,21)13-2-3-15-14(12-13)22-16(29-15)23-4-1-5-24(7-6-23)17(26)25-8-10-30(27,28)11-9-25/h2-3,12H,1,4-11H2. The van der Waals surface area contributed by atoms with Crippen molar-refractivity contribution in [1.82, 2.24) is 14.8 Å². The van der Waals surface area contributed by atoms with Crippen molar-refractivity contribution in [3.05, 3.63) is 23.8 Å². The molecular weight excluding hydrogens is 425 g/mol. The van der Waals surface area contributed by atoms with Crippen molar-refractivity contribution in [2.45, 2.75) is 12.6 Å². The normalized spacial score (nSPS) is 20.4. The molecule has 2 amide bonds. The summed E-state index contributed by atoms with van der Waals surface area (Å²) in [5.74, 6) is -0.0525. The van der Waals surface area contributed by atoms with Gasteiger partial charge in [0.05, 0.1) is 17.1 Å². The molecule has 1 aromatic heterocycles. The van der Waals surface area contributed by atoms with E-state index in [9.17, 15) is 26.4 Å². The van der Waals surface area contributed by atoms with Crippen LogP contribution in [0.1, 0.15) is 12.0 Å². The zero-order chi connectivity index (χ0) is 21.5. The molecule has 0 saturated carbocycles. The summed E-state index contributed by atoms with van der Waals surface area (Å²) in [6, 6.07) is 3.20. The van der Waals surface area contributed by atoms with E-state index in [1.807, 2.05) is 0 Å². The molecular formula is C18H21F3N4O4S. The first-order valence-corrected chi connectivity index (χ1v) is 11.4. The van der Waals surface area contributed by atoms with E-state index < -0.39 is 21.6 Å². The lowest BCUT2D eigenvalue weighted by molar-refractivity contribution is -0.137. The van der Waals surface area contributed by atoms with Crippen molar-refractivity contribution in [2.24, 2.45) is 0 Å². The molecule has 8 nitrogen and oxygen atoms in total. The molecule has 0 bridgehead atoms. The Morgan fingerprint density at radius 1 is 1.00 bits per heavy atom. The number of benzene rings is 1. The average molecular weight is 446 g/mol. The van der Waals surface area contributed by atoms with Gasteiger partial charge in [0.2, 0.25) is 0 Å². The third-order valence-electron chi connectivity index (χ3n) is 5.36. The zero-order valence-corrected chi connectivity index (χ0v) is 16.9. The van der Waals surface area contributed by atoms with Gasteiger partial charge in [-0.15, -0.1) is 0 Å². The molecule has 30 heavy (non-hydrogen) atoms. The van der Waals surface area contributed by atoms with Crippen LogP contribution in [-0.2, 0) is 16.0 Å². The summed E-state index contributed by atoms with van der Waals surface area (Å²) in [5.41, 5.74) is -0.387. The van der Waals surface area contributed by atoms with Crippen molar-refractivity contribution >= 4 is 33.0 Å². The number of oxazole rings is 1. The van der Waals surface area contributed by atoms with Crippen molar-refractivity contribution in [2.75, 3.05) is 55.7 Å². The molecule has 2 fully saturated rings. The SMILES string of the molecule is O=C(N1CCCN(c2nc3cc(C(F)(F)F)ccc3o2)CC1)N1CCS(=O)(=O)CC1. The maximum atomic E-state index is 12.9. The number of hydrogen-bond acceptors (Lipinski definition) is 6. The molecule has 0 aliphatic carbocycles. The fourth-order valence-corrected chi connectivity index (χ4v) is 4.83. The third kappa shape index (κ3) is 4.32. The predicted molar refractivity (Wildman–Crippen MR) is 103 cm³/mol. The lowest BCUT2D eigenvalue weighted by Gasteiger charge is -2.32. The minimum absolute atomic E-state index is 0.0263. The molecule has 0 spiro atoms. The molecule has 4 rings (SSSR count). The quantitative estimate of drug-likeness (QED) is 0.668. The van der Waals surface area contributed by atoms with Gasteiger partial charge in [0, 0.05) is 39.3 Å². The van der Waals surface area contributed by atoms with Gasteiger partial charge in [-0.25, -0.2) is 13.2 Å². The van der Waals surface area contributed by atoms with Crippen molar-refractivity contribution in [1.29, 1.82) is 0 Å². The van der Waals surface area contributed by atoms with Crippen LogP contribution in [0.25, 0.3) is 11.1 Å². The highest BCUT2D eigenvalue weighted by atomic mass is 32.2. The van der Waals surface area contributed by atoms with Gasteiger partial charge in [-0.05, 0) is 24.6 Å². The topological polar surface area (TPSA) is 87.0 Å². The van der Waals surface area contributed by atoms with Crippen LogP contribution in [0.2, 0.25) is 0 Å². The van der Waals surface area contributed by atoms with Gasteiger partial charge in [0.15, 0.2) is 15.4 Å². The van der Waals surface area contributed by atoms with Crippen LogP contribution in [-0.4, -0.2) is 80.0 Å². The number of hydrogen-bond donors (Lipinski definition) is 0. The first kappa shape index (κ1) is 20.8. The van der Waals surface area contributed by atoms with Crippen molar-refractivity contribution < 1.29 is 30.8 Å². The van der Waals surface area contributed by atoms with E-state index in [0.717, 1.165) is 12.1 Å². The van der Waals surface area contributed by atoms with Gasteiger partial charge in [-0.2, -0.15) is 18.2 Å². The van der Waals surface area contributed by atoms with E-state index in [4.69, 9.17) is 4.42 Å². The fraction of sp³-hybridized carbons (Fsp3) is 0.556. The molecule has 164 valence electrons. The Bertz CT molecular complexity index is 1040. The lowest BCUT2D eigenvalue weighted by Crippen LogP contribution is -2.50. The summed E-state index contributed by atoms with van der Waals surface area (Å²) >= 11 is 0. The molecule has 12 heteroatoms. The number of anilines is 1. The van der Waals surface area contributed by atoms with E-state index in [2.05, 4.69) is 4.98 Å². The smallest absolute Gasteiger partial charge is 0.416 e. The molecule has 0 unspecified atom stereocenters. The van der Waals surface area contributed by atoms with Crippen LogP contribution >= 0.6 is 0 Å². The van der Waals surface area contributed by atoms with Gasteiger partial charge in [0.25, 0.3) is 6.01 Å². The number of fused-ring (bicyclic) bond motifs is 1. The van der Waals surface area contributed by atoms with Crippen LogP contribution in [0, 0.1) is 0 Å². The van der Waals surface area contributed by atoms with Crippen molar-refractivity contribution in [3.8, 4) is 0 Å². The highest BCUT2D eigenvalue weighted by molar-refractivity contribution is 7.91. The number of carbonyl (C=O) groups is 1. The fourth-order valence-electron chi connectivity index (χ4n) is 3.63. The number of aromatic nitrogens is 1. The summed E-state index contributed by atoms with van der Waals surface area (Å²) in [4.78, 5) is 22.0. The summed E-state index contributed by atoms with van der Waals surface area (Å²) in [5, 5.41) is 0. The molecule has 0 atom stereocenters. The Morgan fingerprint density at radius 2 is 1.70 bits per heavy atom. The highest BCUT2D eigenvalue weighted by Gasteiger charge is 2.32.